The maximum Gasteiger partial charge on any atom is 0.410 e. The molecule has 2 atom stereocenters. The van der Waals surface area contributed by atoms with Crippen molar-refractivity contribution in [3.05, 3.63) is 9.66 Å². The molecule has 24 heavy (non-hydrogen) atoms. The van der Waals surface area contributed by atoms with Crippen LogP contribution >= 0.6 is 22.6 Å². The van der Waals surface area contributed by atoms with Gasteiger partial charge in [-0.15, -0.1) is 0 Å². The highest BCUT2D eigenvalue weighted by atomic mass is 127. The van der Waals surface area contributed by atoms with E-state index in [9.17, 15) is 9.90 Å². The maximum atomic E-state index is 12.5. The third-order valence-corrected chi connectivity index (χ3v) is 10.1. The Morgan fingerprint density at radius 2 is 1.88 bits per heavy atom. The Hall–Kier alpha value is -0.123. The van der Waals surface area contributed by atoms with Crippen LogP contribution in [0.1, 0.15) is 41.5 Å². The first-order chi connectivity index (χ1) is 10.6. The highest BCUT2D eigenvalue weighted by molar-refractivity contribution is 14.1. The molecular weight excluding hydrogens is 437 g/mol. The first kappa shape index (κ1) is 21.9. The lowest BCUT2D eigenvalue weighted by molar-refractivity contribution is 0.00408. The molecule has 0 radical (unpaired) electrons. The second-order valence-corrected chi connectivity index (χ2v) is 14.9. The van der Waals surface area contributed by atoms with Crippen molar-refractivity contribution in [1.82, 2.24) is 4.90 Å². The zero-order valence-corrected chi connectivity index (χ0v) is 19.3. The molecule has 7 heteroatoms. The second kappa shape index (κ2) is 7.63. The van der Waals surface area contributed by atoms with Crippen molar-refractivity contribution in [3.63, 3.8) is 0 Å². The summed E-state index contributed by atoms with van der Waals surface area (Å²) in [5, 5.41) is 10.2. The van der Waals surface area contributed by atoms with Crippen molar-refractivity contribution in [2.75, 3.05) is 13.2 Å². The van der Waals surface area contributed by atoms with E-state index >= 15 is 0 Å². The third-order valence-electron chi connectivity index (χ3n) is 4.49. The zero-order chi connectivity index (χ0) is 18.9. The third kappa shape index (κ3) is 6.00. The summed E-state index contributed by atoms with van der Waals surface area (Å²) >= 11 is 2.12. The number of β-amino-alcohol motifs (C(OH)–C–C–N with tert-alkyl or cyclic N) is 1. The van der Waals surface area contributed by atoms with Gasteiger partial charge in [-0.2, -0.15) is 0 Å². The zero-order valence-electron chi connectivity index (χ0n) is 16.1. The van der Waals surface area contributed by atoms with Crippen LogP contribution in [0.25, 0.3) is 0 Å². The largest absolute Gasteiger partial charge is 0.444 e. The number of amides is 1. The fourth-order valence-corrected chi connectivity index (χ4v) is 3.61. The standard InChI is InChI=1S/C17H32INO4Si/c1-16(2,3)23-15(21)19-10-14(20)13(18)9-12(19)11-22-24(7,8)17(4,5)6/h9,12,14,20H,10-11H2,1-8H3/t12-,14+/m0/s1. The molecule has 0 saturated carbocycles. The Labute approximate surface area is 161 Å². The van der Waals surface area contributed by atoms with Crippen LogP contribution in [-0.4, -0.2) is 55.3 Å². The number of rotatable bonds is 3. The van der Waals surface area contributed by atoms with Gasteiger partial charge in [0.15, 0.2) is 8.32 Å². The molecule has 1 N–H and O–H groups in total. The maximum absolute atomic E-state index is 12.5. The van der Waals surface area contributed by atoms with E-state index in [1.807, 2.05) is 26.8 Å². The number of halogens is 1. The quantitative estimate of drug-likeness (QED) is 0.495. The molecular formula is C17H32INO4Si. The summed E-state index contributed by atoms with van der Waals surface area (Å²) in [6, 6.07) is -0.218. The Balaban J connectivity index is 2.92. The fourth-order valence-electron chi connectivity index (χ4n) is 1.97. The number of hydrogen-bond donors (Lipinski definition) is 1. The minimum atomic E-state index is -1.91. The van der Waals surface area contributed by atoms with E-state index < -0.39 is 26.1 Å². The predicted octanol–water partition coefficient (Wildman–Crippen LogP) is 4.31. The average Bonchev–Trinajstić information content (AvgIpc) is 2.36. The van der Waals surface area contributed by atoms with E-state index in [0.717, 1.165) is 3.58 Å². The summed E-state index contributed by atoms with van der Waals surface area (Å²) in [6.07, 6.45) is 0.832. The van der Waals surface area contributed by atoms with E-state index in [0.29, 0.717) is 6.61 Å². The van der Waals surface area contributed by atoms with Gasteiger partial charge in [-0.3, -0.25) is 4.90 Å². The van der Waals surface area contributed by atoms with Gasteiger partial charge in [0.2, 0.25) is 0 Å². The summed E-state index contributed by atoms with van der Waals surface area (Å²) in [5.74, 6) is 0. The Morgan fingerprint density at radius 1 is 1.33 bits per heavy atom. The molecule has 1 rings (SSSR count). The fraction of sp³-hybridized carbons (Fsp3) is 0.824. The summed E-state index contributed by atoms with van der Waals surface area (Å²) in [5.41, 5.74) is -0.568. The van der Waals surface area contributed by atoms with E-state index in [1.54, 1.807) is 4.90 Å². The average molecular weight is 469 g/mol. The number of nitrogens with zero attached hydrogens (tertiary/aromatic N) is 1. The van der Waals surface area contributed by atoms with Crippen LogP contribution in [0, 0.1) is 0 Å². The molecule has 0 aromatic heterocycles. The summed E-state index contributed by atoms with van der Waals surface area (Å²) < 4.78 is 12.6. The number of ether oxygens (including phenoxy) is 1. The summed E-state index contributed by atoms with van der Waals surface area (Å²) in [7, 11) is -1.91. The van der Waals surface area contributed by atoms with Crippen LogP contribution in [0.2, 0.25) is 18.1 Å². The number of aliphatic hydroxyl groups excluding tert-OH is 1. The number of carbonyl (C=O) groups is 1. The van der Waals surface area contributed by atoms with Crippen molar-refractivity contribution in [3.8, 4) is 0 Å². The first-order valence-corrected chi connectivity index (χ1v) is 12.3. The first-order valence-electron chi connectivity index (χ1n) is 8.33. The van der Waals surface area contributed by atoms with E-state index in [4.69, 9.17) is 9.16 Å². The number of carbonyl (C=O) groups excluding carboxylic acids is 1. The molecule has 0 unspecified atom stereocenters. The van der Waals surface area contributed by atoms with Gasteiger partial charge in [-0.1, -0.05) is 20.8 Å². The molecule has 0 aromatic rings. The molecule has 0 saturated heterocycles. The Bertz CT molecular complexity index is 494. The molecule has 5 nitrogen and oxygen atoms in total. The molecule has 1 aliphatic rings. The van der Waals surface area contributed by atoms with Crippen LogP contribution in [0.15, 0.2) is 9.66 Å². The number of aliphatic hydroxyl groups is 1. The Morgan fingerprint density at radius 3 is 2.33 bits per heavy atom. The van der Waals surface area contributed by atoms with Crippen LogP contribution in [0.3, 0.4) is 0 Å². The molecule has 140 valence electrons. The molecule has 0 aromatic carbocycles. The van der Waals surface area contributed by atoms with Crippen molar-refractivity contribution in [1.29, 1.82) is 0 Å². The number of hydrogen-bond acceptors (Lipinski definition) is 4. The minimum absolute atomic E-state index is 0.106. The van der Waals surface area contributed by atoms with Crippen molar-refractivity contribution < 1.29 is 19.1 Å². The van der Waals surface area contributed by atoms with Gasteiger partial charge >= 0.3 is 6.09 Å². The lowest BCUT2D eigenvalue weighted by Crippen LogP contribution is -2.52. The van der Waals surface area contributed by atoms with E-state index in [2.05, 4.69) is 56.5 Å². The molecule has 1 aliphatic heterocycles. The van der Waals surface area contributed by atoms with Gasteiger partial charge < -0.3 is 14.3 Å². The topological polar surface area (TPSA) is 59.0 Å². The van der Waals surface area contributed by atoms with Crippen LogP contribution in [0.5, 0.6) is 0 Å². The van der Waals surface area contributed by atoms with Crippen LogP contribution in [-0.2, 0) is 9.16 Å². The van der Waals surface area contributed by atoms with Crippen molar-refractivity contribution >= 4 is 37.0 Å². The molecule has 0 aliphatic carbocycles. The van der Waals surface area contributed by atoms with Gasteiger partial charge in [0.1, 0.15) is 11.7 Å². The normalized spacial score (nSPS) is 23.1. The van der Waals surface area contributed by atoms with Crippen molar-refractivity contribution in [2.45, 2.75) is 77.4 Å². The van der Waals surface area contributed by atoms with Crippen LogP contribution < -0.4 is 0 Å². The van der Waals surface area contributed by atoms with Gasteiger partial charge in [0, 0.05) is 3.58 Å². The highest BCUT2D eigenvalue weighted by Gasteiger charge is 2.40. The van der Waals surface area contributed by atoms with Crippen LogP contribution in [0.4, 0.5) is 4.79 Å². The highest BCUT2D eigenvalue weighted by Crippen LogP contribution is 2.37. The smallest absolute Gasteiger partial charge is 0.410 e. The monoisotopic (exact) mass is 469 g/mol. The summed E-state index contributed by atoms with van der Waals surface area (Å²) in [4.78, 5) is 14.1. The second-order valence-electron chi connectivity index (χ2n) is 8.84. The molecule has 0 fully saturated rings. The van der Waals surface area contributed by atoms with Gasteiger partial charge in [-0.25, -0.2) is 4.79 Å². The lowest BCUT2D eigenvalue weighted by Gasteiger charge is -2.40. The van der Waals surface area contributed by atoms with E-state index in [1.165, 1.54) is 0 Å². The molecule has 0 bridgehead atoms. The van der Waals surface area contributed by atoms with Crippen molar-refractivity contribution in [2.24, 2.45) is 0 Å². The predicted molar refractivity (Wildman–Crippen MR) is 108 cm³/mol. The SMILES string of the molecule is CC(C)(C)OC(=O)N1C[C@@H](O)C(I)=C[C@H]1CO[Si](C)(C)C(C)(C)C. The lowest BCUT2D eigenvalue weighted by atomic mass is 10.1. The van der Waals surface area contributed by atoms with Gasteiger partial charge in [0.25, 0.3) is 0 Å². The van der Waals surface area contributed by atoms with Gasteiger partial charge in [0.05, 0.1) is 19.2 Å². The van der Waals surface area contributed by atoms with Gasteiger partial charge in [-0.05, 0) is 67.6 Å². The van der Waals surface area contributed by atoms with E-state index in [-0.39, 0.29) is 17.6 Å². The summed E-state index contributed by atoms with van der Waals surface area (Å²) in [6.45, 7) is 17.1. The molecule has 1 amide bonds. The molecule has 1 heterocycles. The Kier molecular flexibility index (Phi) is 6.97. The minimum Gasteiger partial charge on any atom is -0.444 e. The molecule has 0 spiro atoms.